The monoisotopic (exact) mass is 472 g/mol. The highest BCUT2D eigenvalue weighted by Gasteiger charge is 2.42. The second kappa shape index (κ2) is 9.27. The lowest BCUT2D eigenvalue weighted by molar-refractivity contribution is 0.242. The van der Waals surface area contributed by atoms with E-state index in [4.69, 9.17) is 17.0 Å². The van der Waals surface area contributed by atoms with E-state index in [1.807, 2.05) is 85.3 Å². The topological polar surface area (TPSA) is 42.3 Å². The van der Waals surface area contributed by atoms with Crippen molar-refractivity contribution in [1.29, 1.82) is 0 Å². The fourth-order valence-electron chi connectivity index (χ4n) is 4.39. The Kier molecular flexibility index (Phi) is 6.02. The second-order valence-corrected chi connectivity index (χ2v) is 8.80. The summed E-state index contributed by atoms with van der Waals surface area (Å²) in [5, 5.41) is 4.04. The molecule has 0 unspecified atom stereocenters. The van der Waals surface area contributed by atoms with Crippen LogP contribution in [0.25, 0.3) is 5.69 Å². The highest BCUT2D eigenvalue weighted by Crippen LogP contribution is 2.42. The highest BCUT2D eigenvalue weighted by atomic mass is 32.1. The Morgan fingerprint density at radius 2 is 1.74 bits per heavy atom. The van der Waals surface area contributed by atoms with Crippen molar-refractivity contribution < 1.29 is 9.13 Å². The van der Waals surface area contributed by atoms with Gasteiger partial charge in [-0.25, -0.2) is 4.39 Å². The second-order valence-electron chi connectivity index (χ2n) is 8.41. The molecule has 0 saturated carbocycles. The van der Waals surface area contributed by atoms with Gasteiger partial charge in [0.05, 0.1) is 23.5 Å². The van der Waals surface area contributed by atoms with Gasteiger partial charge in [-0.05, 0) is 86.7 Å². The van der Waals surface area contributed by atoms with Gasteiger partial charge in [-0.15, -0.1) is 0 Å². The normalized spacial score (nSPS) is 17.8. The summed E-state index contributed by atoms with van der Waals surface area (Å²) in [6.45, 7) is 4.00. The lowest BCUT2D eigenvalue weighted by Gasteiger charge is -2.29. The van der Waals surface area contributed by atoms with Crippen molar-refractivity contribution in [3.8, 4) is 11.4 Å². The minimum Gasteiger partial charge on any atom is -0.491 e. The van der Waals surface area contributed by atoms with E-state index in [0.717, 1.165) is 22.8 Å². The zero-order valence-corrected chi connectivity index (χ0v) is 19.7. The average Bonchev–Trinajstić information content (AvgIpc) is 3.44. The number of para-hydroxylation sites is 1. The number of halogens is 1. The van der Waals surface area contributed by atoms with E-state index in [2.05, 4.69) is 15.2 Å². The predicted molar refractivity (Wildman–Crippen MR) is 136 cm³/mol. The van der Waals surface area contributed by atoms with Gasteiger partial charge in [-0.1, -0.05) is 18.2 Å². The Hall–Kier alpha value is -3.71. The van der Waals surface area contributed by atoms with Crippen LogP contribution in [0.3, 0.4) is 0 Å². The molecule has 34 heavy (non-hydrogen) atoms. The van der Waals surface area contributed by atoms with Crippen LogP contribution in [0.2, 0.25) is 0 Å². The summed E-state index contributed by atoms with van der Waals surface area (Å²) in [5.41, 5.74) is 3.16. The molecule has 1 aliphatic heterocycles. The number of rotatable bonds is 6. The Bertz CT molecular complexity index is 1290. The van der Waals surface area contributed by atoms with E-state index < -0.39 is 0 Å². The molecule has 172 valence electrons. The zero-order valence-electron chi connectivity index (χ0n) is 18.9. The Balaban J connectivity index is 1.62. The molecule has 3 heterocycles. The molecule has 1 N–H and O–H groups in total. The lowest BCUT2D eigenvalue weighted by atomic mass is 10.0. The molecular formula is C27H25FN4OS. The first-order chi connectivity index (χ1) is 16.5. The van der Waals surface area contributed by atoms with Crippen molar-refractivity contribution in [2.24, 2.45) is 0 Å². The molecule has 1 aliphatic rings. The van der Waals surface area contributed by atoms with Gasteiger partial charge in [0, 0.05) is 23.8 Å². The molecule has 2 aromatic carbocycles. The molecule has 0 aliphatic carbocycles. The molecule has 0 bridgehead atoms. The number of hydrogen-bond donors (Lipinski definition) is 1. The van der Waals surface area contributed by atoms with Crippen LogP contribution in [-0.2, 0) is 0 Å². The lowest BCUT2D eigenvalue weighted by Crippen LogP contribution is -2.30. The summed E-state index contributed by atoms with van der Waals surface area (Å²) in [7, 11) is 0. The molecule has 2 atom stereocenters. The molecule has 0 amide bonds. The van der Waals surface area contributed by atoms with Gasteiger partial charge in [0.25, 0.3) is 0 Å². The van der Waals surface area contributed by atoms with Crippen molar-refractivity contribution in [3.63, 3.8) is 0 Å². The zero-order chi connectivity index (χ0) is 23.7. The molecule has 0 spiro atoms. The fraction of sp³-hybridized carbons (Fsp3) is 0.185. The smallest absolute Gasteiger partial charge is 0.174 e. The first-order valence-corrected chi connectivity index (χ1v) is 11.6. The largest absolute Gasteiger partial charge is 0.491 e. The number of anilines is 1. The van der Waals surface area contributed by atoms with Crippen LogP contribution in [0.1, 0.15) is 37.3 Å². The molecule has 5 nitrogen and oxygen atoms in total. The predicted octanol–water partition coefficient (Wildman–Crippen LogP) is 5.98. The maximum Gasteiger partial charge on any atom is 0.174 e. The SMILES string of the molecule is CC(C)Oc1ccc(N2C(=S)N[C@H](c3ccccn3)[C@@H]2c2cccn2-c2ccccc2F)cc1. The van der Waals surface area contributed by atoms with Gasteiger partial charge in [0.1, 0.15) is 17.6 Å². The Morgan fingerprint density at radius 1 is 0.971 bits per heavy atom. The summed E-state index contributed by atoms with van der Waals surface area (Å²) in [4.78, 5) is 6.67. The number of thiocarbonyl (C=S) groups is 1. The maximum atomic E-state index is 14.8. The number of nitrogens with zero attached hydrogens (tertiary/aromatic N) is 3. The fourth-order valence-corrected chi connectivity index (χ4v) is 4.74. The number of hydrogen-bond acceptors (Lipinski definition) is 3. The molecule has 1 saturated heterocycles. The van der Waals surface area contributed by atoms with Crippen molar-refractivity contribution in [2.75, 3.05) is 4.90 Å². The molecule has 4 aromatic rings. The van der Waals surface area contributed by atoms with Crippen LogP contribution in [0.5, 0.6) is 5.75 Å². The minimum absolute atomic E-state index is 0.0886. The van der Waals surface area contributed by atoms with Crippen LogP contribution >= 0.6 is 12.2 Å². The van der Waals surface area contributed by atoms with E-state index >= 15 is 0 Å². The van der Waals surface area contributed by atoms with Crippen LogP contribution in [0.15, 0.2) is 91.3 Å². The quantitative estimate of drug-likeness (QED) is 0.350. The Labute approximate surface area is 203 Å². The average molecular weight is 473 g/mol. The van der Waals surface area contributed by atoms with Gasteiger partial charge in [-0.3, -0.25) is 4.98 Å². The van der Waals surface area contributed by atoms with Crippen LogP contribution in [-0.4, -0.2) is 20.8 Å². The standard InChI is InChI=1S/C27H25FN4OS/c1-18(2)33-20-14-12-19(13-15-20)32-26(25(30-27(32)34)22-9-5-6-16-29-22)24-11-7-17-31(24)23-10-4-3-8-21(23)28/h3-18,25-26H,1-2H3,(H,30,34)/t25-,26+/m1/s1. The number of pyridine rings is 1. The molecule has 1 fully saturated rings. The molecule has 2 aromatic heterocycles. The summed E-state index contributed by atoms with van der Waals surface area (Å²) in [6.07, 6.45) is 3.74. The van der Waals surface area contributed by atoms with Crippen LogP contribution in [0, 0.1) is 5.82 Å². The van der Waals surface area contributed by atoms with Crippen LogP contribution in [0.4, 0.5) is 10.1 Å². The molecule has 0 radical (unpaired) electrons. The summed E-state index contributed by atoms with van der Waals surface area (Å²) >= 11 is 5.81. The van der Waals surface area contributed by atoms with E-state index in [1.54, 1.807) is 18.3 Å². The minimum atomic E-state index is -0.287. The van der Waals surface area contributed by atoms with Gasteiger partial charge in [-0.2, -0.15) is 0 Å². The van der Waals surface area contributed by atoms with E-state index in [-0.39, 0.29) is 24.0 Å². The van der Waals surface area contributed by atoms with Gasteiger partial charge in [0.15, 0.2) is 5.11 Å². The van der Waals surface area contributed by atoms with Crippen molar-refractivity contribution in [1.82, 2.24) is 14.9 Å². The number of benzene rings is 2. The first kappa shape index (κ1) is 22.1. The number of nitrogens with one attached hydrogen (secondary N) is 1. The highest BCUT2D eigenvalue weighted by molar-refractivity contribution is 7.80. The third kappa shape index (κ3) is 4.15. The van der Waals surface area contributed by atoms with Crippen molar-refractivity contribution in [3.05, 3.63) is 108 Å². The van der Waals surface area contributed by atoms with Gasteiger partial charge >= 0.3 is 0 Å². The maximum absolute atomic E-state index is 14.8. The molecular weight excluding hydrogens is 447 g/mol. The third-order valence-electron chi connectivity index (χ3n) is 5.78. The van der Waals surface area contributed by atoms with Gasteiger partial charge < -0.3 is 19.5 Å². The summed E-state index contributed by atoms with van der Waals surface area (Å²) in [6, 6.07) is 23.9. The summed E-state index contributed by atoms with van der Waals surface area (Å²) < 4.78 is 22.5. The molecule has 7 heteroatoms. The number of aromatic nitrogens is 2. The summed E-state index contributed by atoms with van der Waals surface area (Å²) in [5.74, 6) is 0.508. The molecule has 5 rings (SSSR count). The van der Waals surface area contributed by atoms with Gasteiger partial charge in [0.2, 0.25) is 0 Å². The van der Waals surface area contributed by atoms with Crippen molar-refractivity contribution >= 4 is 23.0 Å². The van der Waals surface area contributed by atoms with E-state index in [9.17, 15) is 4.39 Å². The first-order valence-electron chi connectivity index (χ1n) is 11.2. The van der Waals surface area contributed by atoms with Crippen LogP contribution < -0.4 is 15.0 Å². The van der Waals surface area contributed by atoms with E-state index in [1.165, 1.54) is 6.07 Å². The van der Waals surface area contributed by atoms with E-state index in [0.29, 0.717) is 10.8 Å². The Morgan fingerprint density at radius 3 is 2.44 bits per heavy atom. The van der Waals surface area contributed by atoms with Crippen molar-refractivity contribution in [2.45, 2.75) is 32.0 Å². The third-order valence-corrected chi connectivity index (χ3v) is 6.09. The number of ether oxygens (including phenoxy) is 1.